The largest absolute Gasteiger partial charge is 0.341 e. The summed E-state index contributed by atoms with van der Waals surface area (Å²) in [6.45, 7) is 9.29. The van der Waals surface area contributed by atoms with Gasteiger partial charge in [0.05, 0.1) is 12.7 Å². The normalized spacial score (nSPS) is 29.4. The molecule has 3 atom stereocenters. The van der Waals surface area contributed by atoms with Crippen LogP contribution in [0.4, 0.5) is 4.79 Å². The Kier molecular flexibility index (Phi) is 7.62. The monoisotopic (exact) mass is 475 g/mol. The van der Waals surface area contributed by atoms with Crippen LogP contribution >= 0.6 is 0 Å². The standard InChI is InChI=1S/C25H41N5O4/c1-5-27-12-10-19(11-13-27)26(4)22(31)21-14-18-8-6-7-9-20(18)29(21)16-30-24(33)23(32)28(25(30)34)15-17(2)3/h17-21H,5-16H2,1-4H3/t18-,20+,21+/m1/s1. The second kappa shape index (κ2) is 10.3. The van der Waals surface area contributed by atoms with Gasteiger partial charge in [-0.3, -0.25) is 24.2 Å². The molecule has 34 heavy (non-hydrogen) atoms. The fourth-order valence-electron chi connectivity index (χ4n) is 6.40. The fraction of sp³-hybridized carbons (Fsp3) is 0.840. The van der Waals surface area contributed by atoms with Crippen molar-refractivity contribution < 1.29 is 19.2 Å². The number of likely N-dealkylation sites (tertiary alicyclic amines) is 2. The van der Waals surface area contributed by atoms with E-state index in [4.69, 9.17) is 0 Å². The Morgan fingerprint density at radius 2 is 1.65 bits per heavy atom. The second-order valence-corrected chi connectivity index (χ2v) is 11.0. The van der Waals surface area contributed by atoms with E-state index in [9.17, 15) is 19.2 Å². The van der Waals surface area contributed by atoms with Crippen molar-refractivity contribution in [3.05, 3.63) is 0 Å². The Morgan fingerprint density at radius 3 is 2.29 bits per heavy atom. The molecule has 3 saturated heterocycles. The number of imide groups is 2. The molecule has 3 heterocycles. The minimum atomic E-state index is -0.767. The maximum Gasteiger partial charge on any atom is 0.335 e. The van der Waals surface area contributed by atoms with Crippen LogP contribution in [-0.4, -0.2) is 106 Å². The van der Waals surface area contributed by atoms with Crippen LogP contribution in [0.2, 0.25) is 0 Å². The van der Waals surface area contributed by atoms with Gasteiger partial charge in [-0.1, -0.05) is 33.6 Å². The molecule has 0 N–H and O–H groups in total. The highest BCUT2D eigenvalue weighted by Gasteiger charge is 2.51. The summed E-state index contributed by atoms with van der Waals surface area (Å²) in [6, 6.07) is -0.502. The minimum absolute atomic E-state index is 0.0255. The summed E-state index contributed by atoms with van der Waals surface area (Å²) in [5, 5.41) is 0. The number of urea groups is 1. The Balaban J connectivity index is 1.51. The van der Waals surface area contributed by atoms with Gasteiger partial charge in [-0.25, -0.2) is 9.69 Å². The number of likely N-dealkylation sites (N-methyl/N-ethyl adjacent to an activating group) is 1. The minimum Gasteiger partial charge on any atom is -0.341 e. The molecule has 4 rings (SSSR count). The summed E-state index contributed by atoms with van der Waals surface area (Å²) in [7, 11) is 1.91. The molecule has 0 unspecified atom stereocenters. The maximum absolute atomic E-state index is 13.8. The third-order valence-electron chi connectivity index (χ3n) is 8.39. The predicted octanol–water partition coefficient (Wildman–Crippen LogP) is 1.97. The van der Waals surface area contributed by atoms with E-state index in [1.165, 1.54) is 0 Å². The summed E-state index contributed by atoms with van der Waals surface area (Å²) < 4.78 is 0. The molecule has 1 aliphatic carbocycles. The zero-order chi connectivity index (χ0) is 24.6. The highest BCUT2D eigenvalue weighted by Crippen LogP contribution is 2.41. The fourth-order valence-corrected chi connectivity index (χ4v) is 6.40. The highest BCUT2D eigenvalue weighted by molar-refractivity contribution is 6.44. The average Bonchev–Trinajstić information content (AvgIpc) is 3.30. The SMILES string of the molecule is CCN1CCC(N(C)C(=O)[C@@H]2C[C@H]3CCCC[C@@H]3N2CN2C(=O)C(=O)N(CC(C)C)C2=O)CC1. The van der Waals surface area contributed by atoms with Gasteiger partial charge >= 0.3 is 17.8 Å². The molecule has 9 heteroatoms. The van der Waals surface area contributed by atoms with E-state index in [0.717, 1.165) is 74.4 Å². The number of nitrogens with zero attached hydrogens (tertiary/aromatic N) is 5. The lowest BCUT2D eigenvalue weighted by atomic mass is 9.84. The molecule has 4 aliphatic rings. The van der Waals surface area contributed by atoms with Crippen LogP contribution in [0.15, 0.2) is 0 Å². The number of fused-ring (bicyclic) bond motifs is 1. The van der Waals surface area contributed by atoms with Gasteiger partial charge in [0, 0.05) is 38.8 Å². The zero-order valence-corrected chi connectivity index (χ0v) is 21.2. The van der Waals surface area contributed by atoms with Gasteiger partial charge < -0.3 is 9.80 Å². The lowest BCUT2D eigenvalue weighted by Gasteiger charge is -2.39. The lowest BCUT2D eigenvalue weighted by molar-refractivity contribution is -0.145. The van der Waals surface area contributed by atoms with Crippen LogP contribution < -0.4 is 0 Å². The zero-order valence-electron chi connectivity index (χ0n) is 21.2. The van der Waals surface area contributed by atoms with E-state index in [0.29, 0.717) is 5.92 Å². The van der Waals surface area contributed by atoms with Crippen molar-refractivity contribution in [3.8, 4) is 0 Å². The van der Waals surface area contributed by atoms with Crippen molar-refractivity contribution >= 4 is 23.8 Å². The summed E-state index contributed by atoms with van der Waals surface area (Å²) in [4.78, 5) is 60.6. The Labute approximate surface area is 203 Å². The number of amides is 5. The number of rotatable bonds is 7. The van der Waals surface area contributed by atoms with E-state index in [2.05, 4.69) is 16.7 Å². The summed E-state index contributed by atoms with van der Waals surface area (Å²) in [5.74, 6) is -0.948. The third kappa shape index (κ3) is 4.73. The number of carbonyl (C=O) groups excluding carboxylic acids is 4. The van der Waals surface area contributed by atoms with Crippen molar-refractivity contribution in [1.82, 2.24) is 24.5 Å². The van der Waals surface area contributed by atoms with Crippen LogP contribution in [0.3, 0.4) is 0 Å². The summed E-state index contributed by atoms with van der Waals surface area (Å²) in [5.41, 5.74) is 0. The Hall–Kier alpha value is -2.00. The maximum atomic E-state index is 13.8. The van der Waals surface area contributed by atoms with E-state index in [-0.39, 0.29) is 43.2 Å². The predicted molar refractivity (Wildman–Crippen MR) is 128 cm³/mol. The van der Waals surface area contributed by atoms with E-state index in [1.54, 1.807) is 0 Å². The van der Waals surface area contributed by atoms with Gasteiger partial charge in [0.1, 0.15) is 0 Å². The molecule has 0 aromatic heterocycles. The van der Waals surface area contributed by atoms with Crippen LogP contribution in [0, 0.1) is 11.8 Å². The number of hydrogen-bond donors (Lipinski definition) is 0. The summed E-state index contributed by atoms with van der Waals surface area (Å²) in [6.07, 6.45) is 6.99. The van der Waals surface area contributed by atoms with Gasteiger partial charge in [-0.05, 0) is 50.5 Å². The number of piperidine rings is 1. The van der Waals surface area contributed by atoms with E-state index >= 15 is 0 Å². The van der Waals surface area contributed by atoms with Crippen LogP contribution in [0.1, 0.15) is 65.7 Å². The second-order valence-electron chi connectivity index (χ2n) is 11.0. The molecular weight excluding hydrogens is 434 g/mol. The van der Waals surface area contributed by atoms with Crippen molar-refractivity contribution in [2.24, 2.45) is 11.8 Å². The molecule has 190 valence electrons. The van der Waals surface area contributed by atoms with Gasteiger partial charge in [0.25, 0.3) is 0 Å². The lowest BCUT2D eigenvalue weighted by Crippen LogP contribution is -2.55. The molecule has 3 aliphatic heterocycles. The molecule has 0 bridgehead atoms. The first kappa shape index (κ1) is 25.1. The van der Waals surface area contributed by atoms with Crippen LogP contribution in [0.25, 0.3) is 0 Å². The highest BCUT2D eigenvalue weighted by atomic mass is 16.2. The smallest absolute Gasteiger partial charge is 0.335 e. The molecule has 1 saturated carbocycles. The van der Waals surface area contributed by atoms with Gasteiger partial charge in [0.2, 0.25) is 5.91 Å². The summed E-state index contributed by atoms with van der Waals surface area (Å²) >= 11 is 0. The van der Waals surface area contributed by atoms with E-state index < -0.39 is 17.8 Å². The molecule has 0 aromatic carbocycles. The first-order chi connectivity index (χ1) is 16.2. The topological polar surface area (TPSA) is 84.5 Å². The number of hydrogen-bond acceptors (Lipinski definition) is 6. The molecule has 9 nitrogen and oxygen atoms in total. The Bertz CT molecular complexity index is 809. The molecule has 0 spiro atoms. The first-order valence-corrected chi connectivity index (χ1v) is 13.1. The van der Waals surface area contributed by atoms with Gasteiger partial charge in [-0.2, -0.15) is 0 Å². The van der Waals surface area contributed by atoms with Crippen molar-refractivity contribution in [3.63, 3.8) is 0 Å². The van der Waals surface area contributed by atoms with Crippen molar-refractivity contribution in [2.75, 3.05) is 39.9 Å². The number of carbonyl (C=O) groups is 4. The molecule has 5 amide bonds. The molecule has 0 aromatic rings. The molecule has 0 radical (unpaired) electrons. The quantitative estimate of drug-likeness (QED) is 0.414. The Morgan fingerprint density at radius 1 is 1.00 bits per heavy atom. The van der Waals surface area contributed by atoms with Crippen molar-refractivity contribution in [2.45, 2.75) is 83.8 Å². The van der Waals surface area contributed by atoms with Crippen molar-refractivity contribution in [1.29, 1.82) is 0 Å². The van der Waals surface area contributed by atoms with E-state index in [1.807, 2.05) is 25.8 Å². The average molecular weight is 476 g/mol. The molecule has 4 fully saturated rings. The van der Waals surface area contributed by atoms with Gasteiger partial charge in [-0.15, -0.1) is 0 Å². The van der Waals surface area contributed by atoms with Gasteiger partial charge in [0.15, 0.2) is 0 Å². The third-order valence-corrected chi connectivity index (χ3v) is 8.39. The van der Waals surface area contributed by atoms with Crippen LogP contribution in [0.5, 0.6) is 0 Å². The first-order valence-electron chi connectivity index (χ1n) is 13.1. The van der Waals surface area contributed by atoms with Crippen LogP contribution in [-0.2, 0) is 14.4 Å². The molecular formula is C25H41N5O4.